The maximum atomic E-state index is 12.3. The van der Waals surface area contributed by atoms with Gasteiger partial charge in [0.1, 0.15) is 6.10 Å². The molecule has 29 heavy (non-hydrogen) atoms. The lowest BCUT2D eigenvalue weighted by Crippen LogP contribution is -2.37. The van der Waals surface area contributed by atoms with Gasteiger partial charge in [0, 0.05) is 0 Å². The summed E-state index contributed by atoms with van der Waals surface area (Å²) in [4.78, 5) is 28.1. The fourth-order valence-corrected chi connectivity index (χ4v) is 3.32. The largest absolute Gasteiger partial charge is 0.546 e. The fourth-order valence-electron chi connectivity index (χ4n) is 2.48. The van der Waals surface area contributed by atoms with Gasteiger partial charge in [-0.2, -0.15) is 0 Å². The van der Waals surface area contributed by atoms with Gasteiger partial charge in [0.25, 0.3) is 5.91 Å². The molecule has 0 bridgehead atoms. The minimum absolute atomic E-state index is 0.245. The summed E-state index contributed by atoms with van der Waals surface area (Å²) in [5.41, 5.74) is 2.59. The summed E-state index contributed by atoms with van der Waals surface area (Å²) in [6, 6.07) is 12.6. The number of carbonyl (C=O) groups excluding carboxylic acids is 2. The van der Waals surface area contributed by atoms with Crippen LogP contribution in [0.25, 0.3) is 6.08 Å². The molecular weight excluding hydrogens is 392 g/mol. The molecule has 2 aromatic rings. The number of nitrogens with one attached hydrogen (secondary N) is 1. The van der Waals surface area contributed by atoms with Crippen molar-refractivity contribution >= 4 is 40.6 Å². The van der Waals surface area contributed by atoms with E-state index in [9.17, 15) is 14.7 Å². The number of nitrogens with zero attached hydrogens (tertiary/aromatic N) is 1. The fraction of sp³-hybridized carbons (Fsp3) is 0.190. The Hall–Kier alpha value is -3.26. The molecule has 2 aromatic carbocycles. The van der Waals surface area contributed by atoms with Gasteiger partial charge >= 0.3 is 0 Å². The highest BCUT2D eigenvalue weighted by atomic mass is 32.2. The van der Waals surface area contributed by atoms with E-state index in [1.165, 1.54) is 25.8 Å². The van der Waals surface area contributed by atoms with Gasteiger partial charge < -0.3 is 24.7 Å². The number of rotatable bonds is 6. The lowest BCUT2D eigenvalue weighted by atomic mass is 10.2. The number of carbonyl (C=O) groups is 2. The van der Waals surface area contributed by atoms with E-state index in [1.54, 1.807) is 24.3 Å². The third-order valence-electron chi connectivity index (χ3n) is 4.04. The number of carboxylic acid groups (broad SMARTS) is 1. The van der Waals surface area contributed by atoms with Gasteiger partial charge in [0.05, 0.1) is 23.7 Å². The Bertz CT molecular complexity index is 999. The lowest BCUT2D eigenvalue weighted by Gasteiger charge is -2.17. The van der Waals surface area contributed by atoms with Gasteiger partial charge in [-0.05, 0) is 61.5 Å². The van der Waals surface area contributed by atoms with Crippen LogP contribution in [0.3, 0.4) is 0 Å². The first-order valence-electron chi connectivity index (χ1n) is 8.77. The minimum Gasteiger partial charge on any atom is -0.546 e. The Kier molecular flexibility index (Phi) is 6.23. The molecule has 1 heterocycles. The topological polar surface area (TPSA) is 100 Å². The van der Waals surface area contributed by atoms with Crippen molar-refractivity contribution in [2.75, 3.05) is 7.11 Å². The zero-order valence-electron chi connectivity index (χ0n) is 16.1. The number of hydrogen-bond donors (Lipinski definition) is 1. The van der Waals surface area contributed by atoms with Crippen LogP contribution in [-0.4, -0.2) is 30.3 Å². The smallest absolute Gasteiger partial charge is 0.264 e. The van der Waals surface area contributed by atoms with E-state index in [2.05, 4.69) is 10.3 Å². The Labute approximate surface area is 172 Å². The van der Waals surface area contributed by atoms with E-state index in [4.69, 9.17) is 9.47 Å². The standard InChI is InChI=1S/C21H20N2O5S/c1-12-4-7-15(8-5-12)22-21-23-19(24)18(29-21)11-14-6-9-16(17(10-14)27-3)28-13(2)20(25)26/h4-11,13H,1-3H3,(H,25,26)(H,22,23,24)/p-1/b18-11-/t13-/m1/s1. The van der Waals surface area contributed by atoms with Gasteiger partial charge in [0.15, 0.2) is 16.7 Å². The molecule has 150 valence electrons. The number of aryl methyl sites for hydroxylation is 1. The summed E-state index contributed by atoms with van der Waals surface area (Å²) in [7, 11) is 1.45. The number of hydrogen-bond acceptors (Lipinski definition) is 7. The number of ether oxygens (including phenoxy) is 2. The van der Waals surface area contributed by atoms with Crippen molar-refractivity contribution in [3.63, 3.8) is 0 Å². The van der Waals surface area contributed by atoms with Crippen LogP contribution in [0, 0.1) is 6.92 Å². The first-order chi connectivity index (χ1) is 13.9. The van der Waals surface area contributed by atoms with Gasteiger partial charge in [-0.3, -0.25) is 4.79 Å². The second kappa shape index (κ2) is 8.83. The number of aliphatic imine (C=N–C) groups is 1. The Morgan fingerprint density at radius 1 is 1.21 bits per heavy atom. The molecule has 0 spiro atoms. The second-order valence-corrected chi connectivity index (χ2v) is 7.34. The van der Waals surface area contributed by atoms with Crippen molar-refractivity contribution in [1.29, 1.82) is 0 Å². The second-order valence-electron chi connectivity index (χ2n) is 6.31. The van der Waals surface area contributed by atoms with Gasteiger partial charge in [-0.1, -0.05) is 23.8 Å². The molecule has 1 aliphatic heterocycles. The summed E-state index contributed by atoms with van der Waals surface area (Å²) in [6.07, 6.45) is 0.580. The molecule has 0 saturated carbocycles. The molecule has 0 unspecified atom stereocenters. The molecule has 1 amide bonds. The summed E-state index contributed by atoms with van der Waals surface area (Å²) >= 11 is 1.24. The van der Waals surface area contributed by atoms with Crippen LogP contribution >= 0.6 is 11.8 Å². The van der Waals surface area contributed by atoms with E-state index < -0.39 is 12.1 Å². The van der Waals surface area contributed by atoms with Crippen molar-refractivity contribution in [2.24, 2.45) is 4.99 Å². The first kappa shape index (κ1) is 20.5. The van der Waals surface area contributed by atoms with Crippen molar-refractivity contribution in [2.45, 2.75) is 20.0 Å². The summed E-state index contributed by atoms with van der Waals surface area (Å²) in [5.74, 6) is -0.940. The molecular formula is C21H19N2O5S-. The van der Waals surface area contributed by atoms with Crippen LogP contribution in [0.5, 0.6) is 11.5 Å². The molecule has 0 radical (unpaired) electrons. The normalized spacial score (nSPS) is 17.3. The average molecular weight is 411 g/mol. The molecule has 1 atom stereocenters. The molecule has 0 aliphatic carbocycles. The number of aliphatic carboxylic acids is 1. The summed E-state index contributed by atoms with van der Waals surface area (Å²) in [5, 5.41) is 14.1. The summed E-state index contributed by atoms with van der Waals surface area (Å²) in [6.45, 7) is 3.37. The molecule has 3 rings (SSSR count). The van der Waals surface area contributed by atoms with Gasteiger partial charge in [-0.25, -0.2) is 4.99 Å². The molecule has 8 heteroatoms. The molecule has 1 N–H and O–H groups in total. The van der Waals surface area contributed by atoms with E-state index in [-0.39, 0.29) is 11.7 Å². The van der Waals surface area contributed by atoms with Crippen molar-refractivity contribution in [3.05, 3.63) is 58.5 Å². The number of amides is 1. The van der Waals surface area contributed by atoms with E-state index >= 15 is 0 Å². The zero-order valence-corrected chi connectivity index (χ0v) is 16.9. The highest BCUT2D eigenvalue weighted by Crippen LogP contribution is 2.32. The Morgan fingerprint density at radius 2 is 1.93 bits per heavy atom. The number of methoxy groups -OCH3 is 1. The molecule has 0 aromatic heterocycles. The third kappa shape index (κ3) is 5.17. The van der Waals surface area contributed by atoms with Crippen LogP contribution in [0.15, 0.2) is 52.4 Å². The molecule has 1 fully saturated rings. The van der Waals surface area contributed by atoms with Crippen LogP contribution in [0.4, 0.5) is 5.69 Å². The molecule has 7 nitrogen and oxygen atoms in total. The SMILES string of the molecule is COc1cc(/C=C2\SC(=Nc3ccc(C)cc3)NC2=O)ccc1O[C@H](C)C(=O)[O-]. The predicted octanol–water partition coefficient (Wildman–Crippen LogP) is 2.41. The maximum absolute atomic E-state index is 12.3. The molecule has 1 aliphatic rings. The van der Waals surface area contributed by atoms with Crippen LogP contribution in [-0.2, 0) is 9.59 Å². The van der Waals surface area contributed by atoms with E-state index in [0.29, 0.717) is 21.4 Å². The minimum atomic E-state index is -1.32. The zero-order chi connectivity index (χ0) is 21.0. The highest BCUT2D eigenvalue weighted by molar-refractivity contribution is 8.18. The maximum Gasteiger partial charge on any atom is 0.264 e. The van der Waals surface area contributed by atoms with Crippen molar-refractivity contribution in [3.8, 4) is 11.5 Å². The number of carboxylic acids is 1. The van der Waals surface area contributed by atoms with Crippen LogP contribution in [0.1, 0.15) is 18.1 Å². The third-order valence-corrected chi connectivity index (χ3v) is 4.95. The first-order valence-corrected chi connectivity index (χ1v) is 9.59. The number of amidine groups is 1. The van der Waals surface area contributed by atoms with Crippen molar-refractivity contribution < 1.29 is 24.2 Å². The van der Waals surface area contributed by atoms with Crippen molar-refractivity contribution in [1.82, 2.24) is 5.32 Å². The number of benzene rings is 2. The Morgan fingerprint density at radius 3 is 2.59 bits per heavy atom. The molecule has 1 saturated heterocycles. The van der Waals surface area contributed by atoms with E-state index in [1.807, 2.05) is 31.2 Å². The summed E-state index contributed by atoms with van der Waals surface area (Å²) < 4.78 is 10.6. The monoisotopic (exact) mass is 411 g/mol. The average Bonchev–Trinajstić information content (AvgIpc) is 3.03. The highest BCUT2D eigenvalue weighted by Gasteiger charge is 2.24. The van der Waals surface area contributed by atoms with Crippen LogP contribution in [0.2, 0.25) is 0 Å². The Balaban J connectivity index is 1.79. The number of thioether (sulfide) groups is 1. The van der Waals surface area contributed by atoms with Gasteiger partial charge in [0.2, 0.25) is 0 Å². The van der Waals surface area contributed by atoms with Gasteiger partial charge in [-0.15, -0.1) is 0 Å². The quantitative estimate of drug-likeness (QED) is 0.733. The van der Waals surface area contributed by atoms with E-state index in [0.717, 1.165) is 11.3 Å². The lowest BCUT2D eigenvalue weighted by molar-refractivity contribution is -0.312. The van der Waals surface area contributed by atoms with Crippen LogP contribution < -0.4 is 19.9 Å². The predicted molar refractivity (Wildman–Crippen MR) is 110 cm³/mol.